The zero-order chi connectivity index (χ0) is 9.84. The van der Waals surface area contributed by atoms with Crippen LogP contribution in [0.25, 0.3) is 0 Å². The van der Waals surface area contributed by atoms with E-state index < -0.39 is 23.8 Å². The number of epoxide rings is 2. The van der Waals surface area contributed by atoms with Crippen molar-refractivity contribution in [3.05, 3.63) is 0 Å². The van der Waals surface area contributed by atoms with Crippen molar-refractivity contribution in [2.45, 2.75) is 42.1 Å². The Balaban J connectivity index is 1.70. The molecule has 15 heavy (non-hydrogen) atoms. The molecular formula is C9H10O6. The lowest BCUT2D eigenvalue weighted by atomic mass is 9.71. The van der Waals surface area contributed by atoms with Gasteiger partial charge in [-0.05, 0) is 0 Å². The highest BCUT2D eigenvalue weighted by Crippen LogP contribution is 2.61. The van der Waals surface area contributed by atoms with Gasteiger partial charge in [-0.1, -0.05) is 0 Å². The molecule has 1 aliphatic carbocycles. The summed E-state index contributed by atoms with van der Waals surface area (Å²) in [5.74, 6) is 0. The summed E-state index contributed by atoms with van der Waals surface area (Å²) < 4.78 is 27.5. The fourth-order valence-corrected chi connectivity index (χ4v) is 3.32. The Morgan fingerprint density at radius 2 is 1.47 bits per heavy atom. The van der Waals surface area contributed by atoms with Crippen molar-refractivity contribution in [1.82, 2.24) is 0 Å². The van der Waals surface area contributed by atoms with E-state index in [0.29, 0.717) is 13.2 Å². The van der Waals surface area contributed by atoms with Gasteiger partial charge in [0.2, 0.25) is 0 Å². The fourth-order valence-electron chi connectivity index (χ4n) is 3.32. The summed E-state index contributed by atoms with van der Waals surface area (Å²) in [5.41, 5.74) is -0.959. The molecule has 5 saturated heterocycles. The molecule has 3 unspecified atom stereocenters. The van der Waals surface area contributed by atoms with E-state index in [0.717, 1.165) is 0 Å². The minimum absolute atomic E-state index is 0.143. The van der Waals surface area contributed by atoms with Gasteiger partial charge >= 0.3 is 0 Å². The predicted molar refractivity (Wildman–Crippen MR) is 41.8 cm³/mol. The van der Waals surface area contributed by atoms with Crippen LogP contribution in [0, 0.1) is 0 Å². The molecule has 5 aliphatic heterocycles. The van der Waals surface area contributed by atoms with E-state index >= 15 is 0 Å². The normalized spacial score (nSPS) is 73.0. The third kappa shape index (κ3) is 0.658. The van der Waals surface area contributed by atoms with Crippen LogP contribution in [0.2, 0.25) is 0 Å². The first-order valence-corrected chi connectivity index (χ1v) is 5.19. The minimum Gasteiger partial charge on any atom is -0.387 e. The van der Waals surface area contributed by atoms with E-state index in [4.69, 9.17) is 23.7 Å². The van der Waals surface area contributed by atoms with Crippen molar-refractivity contribution >= 4 is 0 Å². The molecule has 6 fully saturated rings. The molecule has 4 bridgehead atoms. The highest BCUT2D eigenvalue weighted by molar-refractivity contribution is 5.29. The molecule has 6 aliphatic rings. The van der Waals surface area contributed by atoms with Gasteiger partial charge in [-0.15, -0.1) is 0 Å². The molecule has 0 aromatic carbocycles. The summed E-state index contributed by atoms with van der Waals surface area (Å²) in [7, 11) is 0. The lowest BCUT2D eigenvalue weighted by Gasteiger charge is -2.57. The second-order valence-electron chi connectivity index (χ2n) is 4.90. The second kappa shape index (κ2) is 1.97. The van der Waals surface area contributed by atoms with Crippen molar-refractivity contribution in [3.63, 3.8) is 0 Å². The fraction of sp³-hybridized carbons (Fsp3) is 1.00. The number of aliphatic hydroxyl groups excluding tert-OH is 1. The van der Waals surface area contributed by atoms with Crippen LogP contribution in [0.3, 0.4) is 0 Å². The molecule has 0 aromatic heterocycles. The Bertz CT molecular complexity index is 319. The Morgan fingerprint density at radius 3 is 1.93 bits per heavy atom. The smallest absolute Gasteiger partial charge is 0.273 e. The van der Waals surface area contributed by atoms with Crippen molar-refractivity contribution < 1.29 is 28.8 Å². The van der Waals surface area contributed by atoms with Crippen LogP contribution in [-0.4, -0.2) is 60.4 Å². The summed E-state index contributed by atoms with van der Waals surface area (Å²) in [6.07, 6.45) is -1.47. The van der Waals surface area contributed by atoms with Crippen molar-refractivity contribution in [3.8, 4) is 0 Å². The predicted octanol–water partition coefficient (Wildman–Crippen LogP) is -1.63. The highest BCUT2D eigenvalue weighted by atomic mass is 16.9. The van der Waals surface area contributed by atoms with Gasteiger partial charge in [0.05, 0.1) is 13.2 Å². The summed E-state index contributed by atoms with van der Waals surface area (Å²) >= 11 is 0. The summed E-state index contributed by atoms with van der Waals surface area (Å²) in [4.78, 5) is 0. The van der Waals surface area contributed by atoms with E-state index in [2.05, 4.69) is 0 Å². The van der Waals surface area contributed by atoms with Crippen molar-refractivity contribution in [2.24, 2.45) is 0 Å². The number of hydrogen-bond acceptors (Lipinski definition) is 6. The van der Waals surface area contributed by atoms with Crippen molar-refractivity contribution in [1.29, 1.82) is 0 Å². The molecule has 0 radical (unpaired) electrons. The average Bonchev–Trinajstić information content (AvgIpc) is 3.09. The van der Waals surface area contributed by atoms with E-state index in [-0.39, 0.29) is 18.3 Å². The topological polar surface area (TPSA) is 73.0 Å². The van der Waals surface area contributed by atoms with Crippen LogP contribution in [0.4, 0.5) is 0 Å². The third-order valence-corrected chi connectivity index (χ3v) is 4.19. The standard InChI is InChI=1S/C9H10O6/c10-3-4-8(1-11-8)6-9(2-12-9)5(3)14-7(13-4)15-6/h3-7,10H,1-2H2/t3?,4-,5-,6?,7?,8-,9+/m1/s1. The first kappa shape index (κ1) is 7.94. The lowest BCUT2D eigenvalue weighted by molar-refractivity contribution is -0.474. The molecule has 0 aromatic rings. The molecule has 82 valence electrons. The lowest BCUT2D eigenvalue weighted by Crippen LogP contribution is -2.78. The third-order valence-electron chi connectivity index (χ3n) is 4.19. The maximum Gasteiger partial charge on any atom is 0.273 e. The average molecular weight is 214 g/mol. The number of ether oxygens (including phenoxy) is 5. The summed E-state index contributed by atoms with van der Waals surface area (Å²) in [6, 6.07) is 0. The van der Waals surface area contributed by atoms with Gasteiger partial charge in [-0.3, -0.25) is 0 Å². The van der Waals surface area contributed by atoms with Gasteiger partial charge in [0.25, 0.3) is 6.48 Å². The maximum atomic E-state index is 10.1. The largest absolute Gasteiger partial charge is 0.387 e. The Morgan fingerprint density at radius 1 is 0.933 bits per heavy atom. The van der Waals surface area contributed by atoms with Crippen LogP contribution in [0.5, 0.6) is 0 Å². The maximum absolute atomic E-state index is 10.1. The van der Waals surface area contributed by atoms with Gasteiger partial charge in [-0.25, -0.2) is 0 Å². The number of aliphatic hydroxyl groups is 1. The second-order valence-corrected chi connectivity index (χ2v) is 4.90. The molecule has 6 rings (SSSR count). The quantitative estimate of drug-likeness (QED) is 0.488. The molecule has 6 nitrogen and oxygen atoms in total. The monoisotopic (exact) mass is 214 g/mol. The van der Waals surface area contributed by atoms with E-state index in [9.17, 15) is 5.11 Å². The first-order valence-electron chi connectivity index (χ1n) is 5.19. The molecule has 6 heteroatoms. The van der Waals surface area contributed by atoms with E-state index in [1.54, 1.807) is 0 Å². The zero-order valence-corrected chi connectivity index (χ0v) is 7.79. The minimum atomic E-state index is -0.675. The van der Waals surface area contributed by atoms with E-state index in [1.807, 2.05) is 0 Å². The molecule has 2 spiro atoms. The molecule has 1 N–H and O–H groups in total. The van der Waals surface area contributed by atoms with Gasteiger partial charge in [0.1, 0.15) is 35.6 Å². The van der Waals surface area contributed by atoms with Crippen LogP contribution in [0.15, 0.2) is 0 Å². The summed E-state index contributed by atoms with van der Waals surface area (Å²) in [5, 5.41) is 10.1. The Hall–Kier alpha value is -0.240. The first-order chi connectivity index (χ1) is 7.26. The van der Waals surface area contributed by atoms with Gasteiger partial charge in [-0.2, -0.15) is 0 Å². The van der Waals surface area contributed by atoms with Crippen LogP contribution >= 0.6 is 0 Å². The molecule has 1 saturated carbocycles. The molecule has 7 atom stereocenters. The van der Waals surface area contributed by atoms with Crippen LogP contribution < -0.4 is 0 Å². The number of hydrogen-bond donors (Lipinski definition) is 1. The molecule has 5 heterocycles. The van der Waals surface area contributed by atoms with Crippen LogP contribution in [0.1, 0.15) is 0 Å². The highest BCUT2D eigenvalue weighted by Gasteiger charge is 2.83. The van der Waals surface area contributed by atoms with Gasteiger partial charge in [0.15, 0.2) is 0 Å². The number of rotatable bonds is 0. The zero-order valence-electron chi connectivity index (χ0n) is 7.79. The van der Waals surface area contributed by atoms with Gasteiger partial charge < -0.3 is 28.8 Å². The Labute approximate surface area is 85.0 Å². The van der Waals surface area contributed by atoms with E-state index in [1.165, 1.54) is 0 Å². The van der Waals surface area contributed by atoms with Gasteiger partial charge in [0, 0.05) is 0 Å². The molecule has 0 amide bonds. The SMILES string of the molecule is OC1[C@H]2OC3OC([C@@]24CO4)[C@]2(CO2)[C@@H]1O3. The Kier molecular flexibility index (Phi) is 1.04. The van der Waals surface area contributed by atoms with Crippen LogP contribution in [-0.2, 0) is 23.7 Å². The van der Waals surface area contributed by atoms with Crippen molar-refractivity contribution in [2.75, 3.05) is 13.2 Å². The molecular weight excluding hydrogens is 204 g/mol. The summed E-state index contributed by atoms with van der Waals surface area (Å²) in [6.45, 7) is 0.492.